The molecule has 3 N–H and O–H groups in total. The highest BCUT2D eigenvalue weighted by Crippen LogP contribution is 2.28. The summed E-state index contributed by atoms with van der Waals surface area (Å²) >= 11 is 0. The van der Waals surface area contributed by atoms with Crippen LogP contribution in [0.2, 0.25) is 0 Å². The highest BCUT2D eigenvalue weighted by atomic mass is 32.2. The molecule has 9 nitrogen and oxygen atoms in total. The molecule has 2 aliphatic heterocycles. The third kappa shape index (κ3) is 5.27. The second-order valence-corrected chi connectivity index (χ2v) is 10.8. The number of nitrogens with zero attached hydrogens (tertiary/aromatic N) is 4. The van der Waals surface area contributed by atoms with E-state index in [4.69, 9.17) is 4.98 Å². The fourth-order valence-corrected chi connectivity index (χ4v) is 6.06. The molecule has 5 rings (SSSR count). The van der Waals surface area contributed by atoms with E-state index in [1.165, 1.54) is 0 Å². The van der Waals surface area contributed by atoms with E-state index in [1.807, 2.05) is 65.1 Å². The van der Waals surface area contributed by atoms with Crippen molar-refractivity contribution in [3.63, 3.8) is 0 Å². The molecule has 0 radical (unpaired) electrons. The van der Waals surface area contributed by atoms with Crippen molar-refractivity contribution in [1.82, 2.24) is 19.0 Å². The van der Waals surface area contributed by atoms with Gasteiger partial charge in [-0.1, -0.05) is 24.3 Å². The Balaban J connectivity index is 1.33. The summed E-state index contributed by atoms with van der Waals surface area (Å²) in [6, 6.07) is 17.0. The van der Waals surface area contributed by atoms with Gasteiger partial charge >= 0.3 is 0 Å². The third-order valence-corrected chi connectivity index (χ3v) is 8.37. The van der Waals surface area contributed by atoms with E-state index in [9.17, 15) is 8.42 Å². The van der Waals surface area contributed by atoms with Crippen LogP contribution in [0.15, 0.2) is 70.6 Å². The van der Waals surface area contributed by atoms with Gasteiger partial charge in [-0.25, -0.2) is 22.4 Å². The van der Waals surface area contributed by atoms with Gasteiger partial charge in [0.25, 0.3) is 0 Å². The zero-order chi connectivity index (χ0) is 23.3. The summed E-state index contributed by atoms with van der Waals surface area (Å²) in [4.78, 5) is 13.0. The van der Waals surface area contributed by atoms with Gasteiger partial charge in [-0.15, -0.1) is 0 Å². The lowest BCUT2D eigenvalue weighted by Crippen LogP contribution is -2.47. The first kappa shape index (κ1) is 22.9. The van der Waals surface area contributed by atoms with E-state index >= 15 is 0 Å². The average Bonchev–Trinajstić information content (AvgIpc) is 2.89. The van der Waals surface area contributed by atoms with Crippen LogP contribution in [-0.2, 0) is 22.0 Å². The Morgan fingerprint density at radius 2 is 1.79 bits per heavy atom. The van der Waals surface area contributed by atoms with Gasteiger partial charge in [0.2, 0.25) is 5.95 Å². The first-order valence-corrected chi connectivity index (χ1v) is 13.5. The molecular formula is C23H27N7O2S2. The second kappa shape index (κ2) is 10.6. The van der Waals surface area contributed by atoms with E-state index in [0.717, 1.165) is 41.6 Å². The zero-order valence-corrected chi connectivity index (χ0v) is 20.3. The molecule has 34 heavy (non-hydrogen) atoms. The lowest BCUT2D eigenvalue weighted by atomic mass is 10.3. The van der Waals surface area contributed by atoms with Crippen molar-refractivity contribution in [2.45, 2.75) is 16.2 Å². The van der Waals surface area contributed by atoms with E-state index in [1.54, 1.807) is 0 Å². The molecule has 1 aromatic heterocycles. The number of hydrogen-bond donors (Lipinski definition) is 3. The predicted molar refractivity (Wildman–Crippen MR) is 136 cm³/mol. The van der Waals surface area contributed by atoms with Crippen molar-refractivity contribution < 1.29 is 8.42 Å². The molecule has 0 saturated carbocycles. The molecule has 2 unspecified atom stereocenters. The third-order valence-electron chi connectivity index (χ3n) is 5.71. The van der Waals surface area contributed by atoms with E-state index in [0.29, 0.717) is 37.0 Å². The van der Waals surface area contributed by atoms with Gasteiger partial charge in [-0.3, -0.25) is 0 Å². The number of nitrogens with one attached hydrogen (secondary N) is 3. The van der Waals surface area contributed by atoms with Crippen LogP contribution in [0.1, 0.15) is 6.42 Å². The summed E-state index contributed by atoms with van der Waals surface area (Å²) in [7, 11) is -2.42. The molecule has 2 atom stereocenters. The quantitative estimate of drug-likeness (QED) is 0.511. The van der Waals surface area contributed by atoms with Crippen molar-refractivity contribution >= 4 is 45.1 Å². The lowest BCUT2D eigenvalue weighted by molar-refractivity contribution is 0.410. The SMILES string of the molecule is O=S1NCCCNc2nc(ncc2N2CCN(S(=O)c3ccccc3)CC2)Nc2cccc1c2. The minimum atomic E-state index is -1.26. The second-order valence-electron chi connectivity index (χ2n) is 8.00. The minimum Gasteiger partial charge on any atom is -0.368 e. The van der Waals surface area contributed by atoms with Gasteiger partial charge in [-0.05, 0) is 36.8 Å². The highest BCUT2D eigenvalue weighted by molar-refractivity contribution is 7.83. The summed E-state index contributed by atoms with van der Waals surface area (Å²) in [5, 5.41) is 6.65. The van der Waals surface area contributed by atoms with Gasteiger partial charge in [-0.2, -0.15) is 4.98 Å². The molecule has 0 aliphatic carbocycles. The summed E-state index contributed by atoms with van der Waals surface area (Å²) in [5.41, 5.74) is 1.71. The topological polar surface area (TPSA) is 102 Å². The monoisotopic (exact) mass is 497 g/mol. The number of anilines is 4. The summed E-state index contributed by atoms with van der Waals surface area (Å²) in [5.74, 6) is 1.23. The molecule has 2 aromatic carbocycles. The fourth-order valence-electron chi connectivity index (χ4n) is 3.94. The van der Waals surface area contributed by atoms with E-state index in [-0.39, 0.29) is 0 Å². The van der Waals surface area contributed by atoms with Crippen LogP contribution in [-0.4, -0.2) is 62.0 Å². The number of aromatic nitrogens is 2. The van der Waals surface area contributed by atoms with Crippen LogP contribution < -0.4 is 20.3 Å². The van der Waals surface area contributed by atoms with Crippen LogP contribution in [0.25, 0.3) is 0 Å². The molecule has 0 amide bonds. The molecule has 2 aliphatic rings. The first-order chi connectivity index (χ1) is 16.7. The number of benzene rings is 2. The largest absolute Gasteiger partial charge is 0.368 e. The van der Waals surface area contributed by atoms with Gasteiger partial charge in [0.05, 0.1) is 21.7 Å². The molecule has 11 heteroatoms. The van der Waals surface area contributed by atoms with E-state index < -0.39 is 22.0 Å². The molecule has 1 saturated heterocycles. The molecule has 0 spiro atoms. The fraction of sp³-hybridized carbons (Fsp3) is 0.304. The maximum absolute atomic E-state index is 12.9. The van der Waals surface area contributed by atoms with Crippen LogP contribution in [0.4, 0.5) is 23.1 Å². The Kier molecular flexibility index (Phi) is 7.14. The van der Waals surface area contributed by atoms with Crippen LogP contribution in [0, 0.1) is 0 Å². The number of fused-ring (bicyclic) bond motifs is 4. The molecule has 4 bridgehead atoms. The Bertz CT molecular complexity index is 1190. The zero-order valence-electron chi connectivity index (χ0n) is 18.6. The Hall–Kier alpha value is -2.86. The Morgan fingerprint density at radius 3 is 2.62 bits per heavy atom. The molecule has 3 heterocycles. The van der Waals surface area contributed by atoms with Gasteiger partial charge in [0.15, 0.2) is 5.82 Å². The van der Waals surface area contributed by atoms with Gasteiger partial charge < -0.3 is 15.5 Å². The Morgan fingerprint density at radius 1 is 0.971 bits per heavy atom. The summed E-state index contributed by atoms with van der Waals surface area (Å²) in [6.07, 6.45) is 2.63. The predicted octanol–water partition coefficient (Wildman–Crippen LogP) is 2.49. The minimum absolute atomic E-state index is 0.477. The maximum Gasteiger partial charge on any atom is 0.229 e. The molecular weight excluding hydrogens is 470 g/mol. The smallest absolute Gasteiger partial charge is 0.229 e. The average molecular weight is 498 g/mol. The number of rotatable bonds is 3. The summed E-state index contributed by atoms with van der Waals surface area (Å²) < 4.78 is 30.5. The van der Waals surface area contributed by atoms with Crippen LogP contribution in [0.5, 0.6) is 0 Å². The summed E-state index contributed by atoms with van der Waals surface area (Å²) in [6.45, 7) is 4.13. The van der Waals surface area contributed by atoms with Crippen molar-refractivity contribution in [2.24, 2.45) is 0 Å². The normalized spacial score (nSPS) is 20.1. The number of piperazine rings is 1. The maximum atomic E-state index is 12.9. The number of hydrogen-bond acceptors (Lipinski definition) is 7. The molecule has 1 fully saturated rings. The van der Waals surface area contributed by atoms with E-state index in [2.05, 4.69) is 25.2 Å². The first-order valence-electron chi connectivity index (χ1n) is 11.3. The van der Waals surface area contributed by atoms with Crippen LogP contribution >= 0.6 is 0 Å². The van der Waals surface area contributed by atoms with Crippen molar-refractivity contribution in [1.29, 1.82) is 0 Å². The molecule has 178 valence electrons. The van der Waals surface area contributed by atoms with Crippen LogP contribution in [0.3, 0.4) is 0 Å². The van der Waals surface area contributed by atoms with Gasteiger partial charge in [0, 0.05) is 45.0 Å². The Labute approximate surface area is 204 Å². The molecule has 3 aromatic rings. The van der Waals surface area contributed by atoms with Crippen molar-refractivity contribution in [3.05, 3.63) is 60.8 Å². The van der Waals surface area contributed by atoms with Gasteiger partial charge in [0.1, 0.15) is 22.0 Å². The standard InChI is InChI=1S/C23H27N7O2S2/c31-33-20-9-4-6-18(16-20)27-23-25-17-21(22(28-23)24-10-5-11-26-33)29-12-14-30(15-13-29)34(32)19-7-2-1-3-8-19/h1-4,6-9,16-17,26H,5,10-15H2,(H2,24,25,27,28). The highest BCUT2D eigenvalue weighted by Gasteiger charge is 2.24. The lowest BCUT2D eigenvalue weighted by Gasteiger charge is -2.35. The van der Waals surface area contributed by atoms with Crippen molar-refractivity contribution in [3.8, 4) is 0 Å². The van der Waals surface area contributed by atoms with Crippen molar-refractivity contribution in [2.75, 3.05) is 54.8 Å².